The lowest BCUT2D eigenvalue weighted by atomic mass is 9.91. The van der Waals surface area contributed by atoms with E-state index in [0.29, 0.717) is 11.0 Å². The molecule has 0 bridgehead atoms. The predicted molar refractivity (Wildman–Crippen MR) is 76.4 cm³/mol. The van der Waals surface area contributed by atoms with Crippen LogP contribution in [0.4, 0.5) is 0 Å². The van der Waals surface area contributed by atoms with Crippen molar-refractivity contribution in [3.05, 3.63) is 0 Å². The Morgan fingerprint density at radius 2 is 1.94 bits per heavy atom. The molecule has 2 fully saturated rings. The molecule has 0 aromatic carbocycles. The van der Waals surface area contributed by atoms with E-state index in [1.165, 1.54) is 19.4 Å². The third kappa shape index (κ3) is 2.52. The molecule has 4 nitrogen and oxygen atoms in total. The van der Waals surface area contributed by atoms with Gasteiger partial charge >= 0.3 is 0 Å². The van der Waals surface area contributed by atoms with Crippen LogP contribution >= 0.6 is 12.2 Å². The molecule has 1 unspecified atom stereocenters. The lowest BCUT2D eigenvalue weighted by molar-refractivity contribution is -0.137. The van der Waals surface area contributed by atoms with Crippen molar-refractivity contribution in [2.45, 2.75) is 39.2 Å². The number of carbonyl (C=O) groups excluding carboxylic acids is 1. The number of hydrogen-bond donors (Lipinski definition) is 1. The number of carbonyl (C=O) groups is 1. The molecule has 2 heterocycles. The molecule has 102 valence electrons. The molecule has 0 radical (unpaired) electrons. The fraction of sp³-hybridized carbons (Fsp3) is 0.846. The fourth-order valence-corrected chi connectivity index (χ4v) is 2.98. The van der Waals surface area contributed by atoms with Crippen LogP contribution in [-0.4, -0.2) is 52.9 Å². The second-order valence-electron chi connectivity index (χ2n) is 5.93. The molecule has 2 saturated heterocycles. The average molecular weight is 269 g/mol. The number of rotatable bonds is 2. The first-order chi connectivity index (χ1) is 8.43. The molecule has 0 aromatic heterocycles. The molecule has 0 spiro atoms. The second-order valence-corrected chi connectivity index (χ2v) is 6.37. The molecule has 2 aliphatic rings. The first-order valence-corrected chi connectivity index (χ1v) is 7.17. The van der Waals surface area contributed by atoms with Gasteiger partial charge in [-0.1, -0.05) is 12.2 Å². The Labute approximate surface area is 114 Å². The Morgan fingerprint density at radius 1 is 1.28 bits per heavy atom. The highest BCUT2D eigenvalue weighted by atomic mass is 32.1. The molecule has 0 saturated carbocycles. The van der Waals surface area contributed by atoms with Crippen molar-refractivity contribution in [1.82, 2.24) is 9.80 Å². The van der Waals surface area contributed by atoms with Crippen LogP contribution in [0.1, 0.15) is 33.1 Å². The van der Waals surface area contributed by atoms with Gasteiger partial charge in [0.2, 0.25) is 5.91 Å². The minimum absolute atomic E-state index is 0.0868. The summed E-state index contributed by atoms with van der Waals surface area (Å²) in [5, 5.41) is 0. The van der Waals surface area contributed by atoms with Gasteiger partial charge in [0.05, 0.1) is 10.4 Å². The molecule has 18 heavy (non-hydrogen) atoms. The molecule has 2 rings (SSSR count). The predicted octanol–water partition coefficient (Wildman–Crippen LogP) is 0.995. The number of hydrogen-bond acceptors (Lipinski definition) is 3. The minimum atomic E-state index is -0.719. The van der Waals surface area contributed by atoms with E-state index in [9.17, 15) is 4.79 Å². The van der Waals surface area contributed by atoms with E-state index < -0.39 is 5.41 Å². The highest BCUT2D eigenvalue weighted by Gasteiger charge is 2.38. The van der Waals surface area contributed by atoms with E-state index in [2.05, 4.69) is 4.90 Å². The van der Waals surface area contributed by atoms with Gasteiger partial charge in [0.15, 0.2) is 0 Å². The summed E-state index contributed by atoms with van der Waals surface area (Å²) in [4.78, 5) is 17.3. The summed E-state index contributed by atoms with van der Waals surface area (Å²) in [7, 11) is 0. The molecule has 0 aliphatic carbocycles. The van der Waals surface area contributed by atoms with Crippen molar-refractivity contribution in [1.29, 1.82) is 0 Å². The summed E-state index contributed by atoms with van der Waals surface area (Å²) in [6, 6.07) is 0.540. The smallest absolute Gasteiger partial charge is 0.235 e. The van der Waals surface area contributed by atoms with Gasteiger partial charge in [0, 0.05) is 25.7 Å². The van der Waals surface area contributed by atoms with Crippen LogP contribution in [0.2, 0.25) is 0 Å². The van der Waals surface area contributed by atoms with Crippen LogP contribution in [0, 0.1) is 5.41 Å². The summed E-state index contributed by atoms with van der Waals surface area (Å²) in [5.41, 5.74) is 4.98. The van der Waals surface area contributed by atoms with Gasteiger partial charge < -0.3 is 10.6 Å². The summed E-state index contributed by atoms with van der Waals surface area (Å²) in [6.07, 6.45) is 3.51. The topological polar surface area (TPSA) is 49.6 Å². The zero-order valence-corrected chi connectivity index (χ0v) is 12.1. The lowest BCUT2D eigenvalue weighted by Crippen LogP contribution is -2.49. The molecule has 5 heteroatoms. The number of amides is 1. The van der Waals surface area contributed by atoms with E-state index >= 15 is 0 Å². The van der Waals surface area contributed by atoms with Gasteiger partial charge in [-0.3, -0.25) is 9.69 Å². The number of fused-ring (bicyclic) bond motifs is 1. The van der Waals surface area contributed by atoms with Crippen LogP contribution in [0.25, 0.3) is 0 Å². The van der Waals surface area contributed by atoms with Gasteiger partial charge in [0.25, 0.3) is 0 Å². The van der Waals surface area contributed by atoms with Gasteiger partial charge in [-0.2, -0.15) is 0 Å². The fourth-order valence-electron chi connectivity index (χ4n) is 2.89. The Morgan fingerprint density at radius 3 is 2.61 bits per heavy atom. The van der Waals surface area contributed by atoms with Gasteiger partial charge in [-0.25, -0.2) is 0 Å². The Balaban J connectivity index is 2.08. The van der Waals surface area contributed by atoms with Crippen LogP contribution in [0.15, 0.2) is 0 Å². The summed E-state index contributed by atoms with van der Waals surface area (Å²) in [6.45, 7) is 7.63. The highest BCUT2D eigenvalue weighted by molar-refractivity contribution is 7.80. The molecule has 1 atom stereocenters. The molecule has 1 amide bonds. The average Bonchev–Trinajstić information content (AvgIpc) is 2.65. The zero-order valence-electron chi connectivity index (χ0n) is 11.3. The molecule has 2 N–H and O–H groups in total. The van der Waals surface area contributed by atoms with Crippen molar-refractivity contribution in [2.24, 2.45) is 11.1 Å². The summed E-state index contributed by atoms with van der Waals surface area (Å²) in [5.74, 6) is 0.0868. The van der Waals surface area contributed by atoms with Gasteiger partial charge in [-0.05, 0) is 39.7 Å². The highest BCUT2D eigenvalue weighted by Crippen LogP contribution is 2.25. The third-order valence-electron chi connectivity index (χ3n) is 4.24. The van der Waals surface area contributed by atoms with E-state index in [4.69, 9.17) is 18.0 Å². The van der Waals surface area contributed by atoms with Crippen LogP contribution in [0.3, 0.4) is 0 Å². The minimum Gasteiger partial charge on any atom is -0.392 e. The van der Waals surface area contributed by atoms with Crippen LogP contribution in [-0.2, 0) is 4.79 Å². The SMILES string of the molecule is CC(C)(C(=O)N1CCCN2CCCC2C1)C(N)=S. The van der Waals surface area contributed by atoms with Crippen LogP contribution < -0.4 is 5.73 Å². The van der Waals surface area contributed by atoms with Gasteiger partial charge in [-0.15, -0.1) is 0 Å². The van der Waals surface area contributed by atoms with Crippen molar-refractivity contribution in [3.63, 3.8) is 0 Å². The monoisotopic (exact) mass is 269 g/mol. The Kier molecular flexibility index (Phi) is 3.92. The first kappa shape index (κ1) is 13.7. The molecule has 2 aliphatic heterocycles. The normalized spacial score (nSPS) is 25.7. The zero-order chi connectivity index (χ0) is 13.3. The summed E-state index contributed by atoms with van der Waals surface area (Å²) < 4.78 is 0. The van der Waals surface area contributed by atoms with Crippen molar-refractivity contribution < 1.29 is 4.79 Å². The van der Waals surface area contributed by atoms with Gasteiger partial charge in [0.1, 0.15) is 0 Å². The second kappa shape index (κ2) is 5.13. The molecular weight excluding hydrogens is 246 g/mol. The molecule has 0 aromatic rings. The Bertz CT molecular complexity index is 356. The quantitative estimate of drug-likeness (QED) is 0.760. The van der Waals surface area contributed by atoms with Crippen LogP contribution in [0.5, 0.6) is 0 Å². The first-order valence-electron chi connectivity index (χ1n) is 6.76. The summed E-state index contributed by atoms with van der Waals surface area (Å²) >= 11 is 5.02. The van der Waals surface area contributed by atoms with E-state index in [1.54, 1.807) is 0 Å². The maximum absolute atomic E-state index is 12.5. The number of nitrogens with zero attached hydrogens (tertiary/aromatic N) is 2. The third-order valence-corrected chi connectivity index (χ3v) is 4.75. The number of nitrogens with two attached hydrogens (primary N) is 1. The van der Waals surface area contributed by atoms with Crippen molar-refractivity contribution in [2.75, 3.05) is 26.2 Å². The number of thiocarbonyl (C=S) groups is 1. The largest absolute Gasteiger partial charge is 0.392 e. The standard InChI is InChI=1S/C13H23N3OS/c1-13(2,11(14)18)12(17)16-8-4-7-15-6-3-5-10(15)9-16/h10H,3-9H2,1-2H3,(H2,14,18). The van der Waals surface area contributed by atoms with E-state index in [-0.39, 0.29) is 5.91 Å². The van der Waals surface area contributed by atoms with Crippen molar-refractivity contribution >= 4 is 23.1 Å². The lowest BCUT2D eigenvalue weighted by Gasteiger charge is -2.32. The van der Waals surface area contributed by atoms with E-state index in [1.807, 2.05) is 18.7 Å². The molecular formula is C13H23N3OS. The maximum atomic E-state index is 12.5. The maximum Gasteiger partial charge on any atom is 0.235 e. The van der Waals surface area contributed by atoms with Crippen molar-refractivity contribution in [3.8, 4) is 0 Å². The van der Waals surface area contributed by atoms with E-state index in [0.717, 1.165) is 26.1 Å². The Hall–Kier alpha value is -0.680.